The SMILES string of the molecule is COc1cc(OC)cc(C(=O)N2CC[NH+](Cc3ccco3)CC2)c1. The number of nitrogens with zero attached hydrogens (tertiary/aromatic N) is 1. The second-order valence-electron chi connectivity index (χ2n) is 5.90. The average molecular weight is 331 g/mol. The second kappa shape index (κ2) is 7.40. The molecule has 1 aromatic carbocycles. The van der Waals surface area contributed by atoms with Crippen molar-refractivity contribution in [3.63, 3.8) is 0 Å². The Kier molecular flexibility index (Phi) is 5.05. The van der Waals surface area contributed by atoms with Gasteiger partial charge < -0.3 is 23.7 Å². The number of hydrogen-bond acceptors (Lipinski definition) is 4. The molecule has 0 aliphatic carbocycles. The second-order valence-corrected chi connectivity index (χ2v) is 5.90. The first-order valence-electron chi connectivity index (χ1n) is 8.08. The van der Waals surface area contributed by atoms with Crippen LogP contribution in [0.5, 0.6) is 11.5 Å². The van der Waals surface area contributed by atoms with Gasteiger partial charge in [0.15, 0.2) is 5.76 Å². The Morgan fingerprint density at radius 2 is 1.83 bits per heavy atom. The first-order chi connectivity index (χ1) is 11.7. The number of ether oxygens (including phenoxy) is 2. The molecule has 0 radical (unpaired) electrons. The molecule has 2 heterocycles. The number of nitrogens with one attached hydrogen (secondary N) is 1. The molecule has 6 heteroatoms. The molecule has 1 aliphatic rings. The Balaban J connectivity index is 1.62. The molecule has 1 aromatic heterocycles. The van der Waals surface area contributed by atoms with Crippen molar-refractivity contribution in [3.05, 3.63) is 47.9 Å². The maximum Gasteiger partial charge on any atom is 0.254 e. The molecule has 1 saturated heterocycles. The third-order valence-corrected chi connectivity index (χ3v) is 4.36. The van der Waals surface area contributed by atoms with Crippen molar-refractivity contribution in [2.45, 2.75) is 6.54 Å². The van der Waals surface area contributed by atoms with E-state index in [-0.39, 0.29) is 5.91 Å². The Morgan fingerprint density at radius 3 is 2.38 bits per heavy atom. The number of rotatable bonds is 5. The van der Waals surface area contributed by atoms with Crippen molar-refractivity contribution in [2.24, 2.45) is 0 Å². The number of carbonyl (C=O) groups is 1. The molecule has 3 rings (SSSR count). The lowest BCUT2D eigenvalue weighted by Crippen LogP contribution is -3.13. The summed E-state index contributed by atoms with van der Waals surface area (Å²) >= 11 is 0. The molecular weight excluding hydrogens is 308 g/mol. The summed E-state index contributed by atoms with van der Waals surface area (Å²) in [6.45, 7) is 4.14. The van der Waals surface area contributed by atoms with E-state index >= 15 is 0 Å². The number of hydrogen-bond donors (Lipinski definition) is 1. The molecule has 24 heavy (non-hydrogen) atoms. The van der Waals surface area contributed by atoms with Gasteiger partial charge in [-0.05, 0) is 24.3 Å². The Hall–Kier alpha value is -2.47. The van der Waals surface area contributed by atoms with Gasteiger partial charge in [-0.15, -0.1) is 0 Å². The smallest absolute Gasteiger partial charge is 0.254 e. The fraction of sp³-hybridized carbons (Fsp3) is 0.389. The lowest BCUT2D eigenvalue weighted by atomic mass is 10.1. The molecular formula is C18H23N2O4+. The lowest BCUT2D eigenvalue weighted by molar-refractivity contribution is -0.918. The van der Waals surface area contributed by atoms with Crippen molar-refractivity contribution in [1.82, 2.24) is 4.90 Å². The molecule has 1 N–H and O–H groups in total. The molecule has 128 valence electrons. The molecule has 0 unspecified atom stereocenters. The minimum absolute atomic E-state index is 0.0178. The summed E-state index contributed by atoms with van der Waals surface area (Å²) in [5, 5.41) is 0. The van der Waals surface area contributed by atoms with Crippen molar-refractivity contribution in [3.8, 4) is 11.5 Å². The van der Waals surface area contributed by atoms with Gasteiger partial charge in [0.1, 0.15) is 18.0 Å². The van der Waals surface area contributed by atoms with Crippen molar-refractivity contribution in [1.29, 1.82) is 0 Å². The molecule has 0 saturated carbocycles. The highest BCUT2D eigenvalue weighted by molar-refractivity contribution is 5.95. The van der Waals surface area contributed by atoms with E-state index in [1.807, 2.05) is 17.0 Å². The van der Waals surface area contributed by atoms with Crippen LogP contribution in [0.4, 0.5) is 0 Å². The van der Waals surface area contributed by atoms with Crippen LogP contribution in [0.25, 0.3) is 0 Å². The molecule has 0 spiro atoms. The third kappa shape index (κ3) is 3.71. The van der Waals surface area contributed by atoms with Crippen LogP contribution in [0, 0.1) is 0 Å². The third-order valence-electron chi connectivity index (χ3n) is 4.36. The summed E-state index contributed by atoms with van der Waals surface area (Å²) in [5.41, 5.74) is 0.598. The van der Waals surface area contributed by atoms with E-state index in [0.717, 1.165) is 38.5 Å². The number of carbonyl (C=O) groups excluding carboxylic acids is 1. The minimum atomic E-state index is 0.0178. The summed E-state index contributed by atoms with van der Waals surface area (Å²) in [5.74, 6) is 2.26. The Labute approximate surface area is 141 Å². The fourth-order valence-electron chi connectivity index (χ4n) is 2.98. The van der Waals surface area contributed by atoms with Crippen LogP contribution in [0.1, 0.15) is 16.1 Å². The van der Waals surface area contributed by atoms with Gasteiger partial charge in [0.05, 0.1) is 46.7 Å². The van der Waals surface area contributed by atoms with E-state index in [1.165, 1.54) is 4.90 Å². The van der Waals surface area contributed by atoms with Crippen molar-refractivity contribution < 1.29 is 23.6 Å². The zero-order valence-corrected chi connectivity index (χ0v) is 14.1. The summed E-state index contributed by atoms with van der Waals surface area (Å²) in [7, 11) is 3.17. The van der Waals surface area contributed by atoms with E-state index in [2.05, 4.69) is 0 Å². The van der Waals surface area contributed by atoms with Crippen molar-refractivity contribution >= 4 is 5.91 Å². The maximum atomic E-state index is 12.7. The number of amides is 1. The molecule has 0 bridgehead atoms. The highest BCUT2D eigenvalue weighted by Crippen LogP contribution is 2.23. The normalized spacial score (nSPS) is 15.3. The van der Waals surface area contributed by atoms with Crippen LogP contribution in [0.3, 0.4) is 0 Å². The number of benzene rings is 1. The lowest BCUT2D eigenvalue weighted by Gasteiger charge is -2.32. The zero-order chi connectivity index (χ0) is 16.9. The van der Waals surface area contributed by atoms with Gasteiger partial charge in [-0.3, -0.25) is 4.79 Å². The minimum Gasteiger partial charge on any atom is -0.497 e. The van der Waals surface area contributed by atoms with Gasteiger partial charge in [0.2, 0.25) is 0 Å². The van der Waals surface area contributed by atoms with E-state index in [1.54, 1.807) is 38.7 Å². The standard InChI is InChI=1S/C18H22N2O4/c1-22-16-10-14(11-17(12-16)23-2)18(21)20-7-5-19(6-8-20)13-15-4-3-9-24-15/h3-4,9-12H,5-8,13H2,1-2H3/p+1. The summed E-state index contributed by atoms with van der Waals surface area (Å²) < 4.78 is 15.9. The topological polar surface area (TPSA) is 56.4 Å². The molecule has 1 aliphatic heterocycles. The average Bonchev–Trinajstić information content (AvgIpc) is 3.14. The maximum absolute atomic E-state index is 12.7. The van der Waals surface area contributed by atoms with Gasteiger partial charge in [0, 0.05) is 11.6 Å². The van der Waals surface area contributed by atoms with E-state index in [4.69, 9.17) is 13.9 Å². The van der Waals surface area contributed by atoms with Gasteiger partial charge >= 0.3 is 0 Å². The van der Waals surface area contributed by atoms with Crippen molar-refractivity contribution in [2.75, 3.05) is 40.4 Å². The predicted octanol–water partition coefficient (Wildman–Crippen LogP) is 0.838. The van der Waals surface area contributed by atoms with E-state index in [9.17, 15) is 4.79 Å². The molecule has 6 nitrogen and oxygen atoms in total. The number of methoxy groups -OCH3 is 2. The quantitative estimate of drug-likeness (QED) is 0.882. The van der Waals surface area contributed by atoms with E-state index in [0.29, 0.717) is 17.1 Å². The monoisotopic (exact) mass is 331 g/mol. The highest BCUT2D eigenvalue weighted by atomic mass is 16.5. The Morgan fingerprint density at radius 1 is 1.17 bits per heavy atom. The van der Waals surface area contributed by atoms with E-state index < -0.39 is 0 Å². The number of furan rings is 1. The molecule has 2 aromatic rings. The van der Waals surface area contributed by atoms with Crippen LogP contribution in [-0.4, -0.2) is 51.2 Å². The summed E-state index contributed by atoms with van der Waals surface area (Å²) in [6.07, 6.45) is 1.70. The van der Waals surface area contributed by atoms with Gasteiger partial charge in [-0.1, -0.05) is 0 Å². The first-order valence-corrected chi connectivity index (χ1v) is 8.08. The van der Waals surface area contributed by atoms with Crippen LogP contribution < -0.4 is 14.4 Å². The van der Waals surface area contributed by atoms with Crippen LogP contribution in [0.2, 0.25) is 0 Å². The van der Waals surface area contributed by atoms with Crippen LogP contribution in [0.15, 0.2) is 41.0 Å². The number of quaternary nitrogens is 1. The molecule has 1 amide bonds. The Bertz CT molecular complexity index is 654. The van der Waals surface area contributed by atoms with Crippen LogP contribution in [-0.2, 0) is 6.54 Å². The molecule has 1 fully saturated rings. The first kappa shape index (κ1) is 16.4. The van der Waals surface area contributed by atoms with Gasteiger partial charge in [-0.25, -0.2) is 0 Å². The summed E-state index contributed by atoms with van der Waals surface area (Å²) in [4.78, 5) is 16.1. The zero-order valence-electron chi connectivity index (χ0n) is 14.1. The largest absolute Gasteiger partial charge is 0.497 e. The molecule has 0 atom stereocenters. The van der Waals surface area contributed by atoms with Gasteiger partial charge in [-0.2, -0.15) is 0 Å². The van der Waals surface area contributed by atoms with Gasteiger partial charge in [0.25, 0.3) is 5.91 Å². The highest BCUT2D eigenvalue weighted by Gasteiger charge is 2.25. The fourth-order valence-corrected chi connectivity index (χ4v) is 2.98. The summed E-state index contributed by atoms with van der Waals surface area (Å²) in [6, 6.07) is 9.18. The predicted molar refractivity (Wildman–Crippen MR) is 88.6 cm³/mol. The number of piperazine rings is 1. The van der Waals surface area contributed by atoms with Crippen LogP contribution >= 0.6 is 0 Å².